The van der Waals surface area contributed by atoms with Gasteiger partial charge in [-0.15, -0.1) is 0 Å². The van der Waals surface area contributed by atoms with Crippen molar-refractivity contribution in [1.29, 1.82) is 0 Å². The van der Waals surface area contributed by atoms with Crippen LogP contribution in [0, 0.1) is 5.82 Å². The summed E-state index contributed by atoms with van der Waals surface area (Å²) in [5.41, 5.74) is 1.59. The van der Waals surface area contributed by atoms with E-state index in [1.54, 1.807) is 6.20 Å². The molecule has 1 atom stereocenters. The van der Waals surface area contributed by atoms with Crippen LogP contribution in [0.2, 0.25) is 0 Å². The molecule has 3 rings (SSSR count). The van der Waals surface area contributed by atoms with E-state index >= 15 is 0 Å². The Morgan fingerprint density at radius 3 is 2.64 bits per heavy atom. The Hall–Kier alpha value is -2.91. The van der Waals surface area contributed by atoms with Gasteiger partial charge in [-0.2, -0.15) is 4.72 Å². The monoisotopic (exact) mass is 406 g/mol. The van der Waals surface area contributed by atoms with E-state index in [1.807, 2.05) is 35.9 Å². The second-order valence-electron chi connectivity index (χ2n) is 6.29. The van der Waals surface area contributed by atoms with Crippen molar-refractivity contribution in [2.75, 3.05) is 7.11 Å². The van der Waals surface area contributed by atoms with Crippen LogP contribution in [0.15, 0.2) is 53.6 Å². The van der Waals surface area contributed by atoms with Gasteiger partial charge < -0.3 is 14.4 Å². The molecule has 9 heteroatoms. The van der Waals surface area contributed by atoms with Crippen LogP contribution in [-0.4, -0.2) is 37.2 Å². The summed E-state index contributed by atoms with van der Waals surface area (Å²) in [5.74, 6) is -2.29. The number of para-hydroxylation sites is 1. The van der Waals surface area contributed by atoms with Gasteiger partial charge in [0.25, 0.3) is 0 Å². The van der Waals surface area contributed by atoms with Crippen LogP contribution in [0.4, 0.5) is 4.39 Å². The first-order chi connectivity index (χ1) is 13.2. The summed E-state index contributed by atoms with van der Waals surface area (Å²) in [6.45, 7) is 0. The normalized spacial score (nSPS) is 12.8. The number of aryl methyl sites for hydroxylation is 1. The van der Waals surface area contributed by atoms with Gasteiger partial charge in [0, 0.05) is 30.6 Å². The lowest BCUT2D eigenvalue weighted by Crippen LogP contribution is -2.42. The number of fused-ring (bicyclic) bond motifs is 1. The number of carboxylic acid groups (broad SMARTS) is 1. The molecule has 0 amide bonds. The number of ether oxygens (including phenoxy) is 1. The van der Waals surface area contributed by atoms with E-state index < -0.39 is 27.9 Å². The highest BCUT2D eigenvalue weighted by Gasteiger charge is 2.27. The SMILES string of the molecule is COc1ccc(S(=O)(=O)N[C@H](Cc2cn(C)c3ccccc23)C(=O)O)cc1F. The van der Waals surface area contributed by atoms with Crippen molar-refractivity contribution in [3.63, 3.8) is 0 Å². The lowest BCUT2D eigenvalue weighted by molar-refractivity contribution is -0.138. The summed E-state index contributed by atoms with van der Waals surface area (Å²) >= 11 is 0. The molecule has 0 spiro atoms. The zero-order valence-corrected chi connectivity index (χ0v) is 16.0. The molecule has 3 aromatic rings. The Morgan fingerprint density at radius 1 is 1.29 bits per heavy atom. The van der Waals surface area contributed by atoms with Gasteiger partial charge in [0.2, 0.25) is 10.0 Å². The molecule has 2 N–H and O–H groups in total. The van der Waals surface area contributed by atoms with E-state index in [-0.39, 0.29) is 17.1 Å². The van der Waals surface area contributed by atoms with E-state index in [2.05, 4.69) is 4.72 Å². The molecule has 0 saturated carbocycles. The van der Waals surface area contributed by atoms with Gasteiger partial charge in [0.05, 0.1) is 12.0 Å². The lowest BCUT2D eigenvalue weighted by atomic mass is 10.1. The van der Waals surface area contributed by atoms with Crippen LogP contribution in [0.5, 0.6) is 5.75 Å². The number of nitrogens with one attached hydrogen (secondary N) is 1. The van der Waals surface area contributed by atoms with Crippen LogP contribution in [0.3, 0.4) is 0 Å². The van der Waals surface area contributed by atoms with Gasteiger partial charge in [-0.05, 0) is 29.8 Å². The molecule has 0 bridgehead atoms. The van der Waals surface area contributed by atoms with Crippen LogP contribution in [0.25, 0.3) is 10.9 Å². The van der Waals surface area contributed by atoms with E-state index in [1.165, 1.54) is 13.2 Å². The fourth-order valence-electron chi connectivity index (χ4n) is 3.06. The molecule has 0 unspecified atom stereocenters. The van der Waals surface area contributed by atoms with E-state index in [0.29, 0.717) is 5.56 Å². The number of halogens is 1. The molecule has 0 aliphatic rings. The second-order valence-corrected chi connectivity index (χ2v) is 8.01. The van der Waals surface area contributed by atoms with Crippen molar-refractivity contribution >= 4 is 26.9 Å². The smallest absolute Gasteiger partial charge is 0.322 e. The molecular formula is C19H19FN2O5S. The van der Waals surface area contributed by atoms with Gasteiger partial charge in [-0.1, -0.05) is 18.2 Å². The first kappa shape index (κ1) is 19.8. The van der Waals surface area contributed by atoms with Crippen molar-refractivity contribution in [1.82, 2.24) is 9.29 Å². The number of benzene rings is 2. The number of aliphatic carboxylic acids is 1. The largest absolute Gasteiger partial charge is 0.494 e. The molecule has 148 valence electrons. The average Bonchev–Trinajstić information content (AvgIpc) is 2.97. The molecule has 0 aliphatic carbocycles. The van der Waals surface area contributed by atoms with Crippen LogP contribution in [0.1, 0.15) is 5.56 Å². The zero-order chi connectivity index (χ0) is 20.5. The number of hydrogen-bond acceptors (Lipinski definition) is 4. The quantitative estimate of drug-likeness (QED) is 0.628. The third-order valence-electron chi connectivity index (χ3n) is 4.43. The molecule has 28 heavy (non-hydrogen) atoms. The summed E-state index contributed by atoms with van der Waals surface area (Å²) in [7, 11) is -1.17. The van der Waals surface area contributed by atoms with Crippen molar-refractivity contribution in [2.24, 2.45) is 7.05 Å². The van der Waals surface area contributed by atoms with Gasteiger partial charge in [-0.3, -0.25) is 4.79 Å². The molecule has 0 aliphatic heterocycles. The Morgan fingerprint density at radius 2 is 2.00 bits per heavy atom. The minimum atomic E-state index is -4.25. The van der Waals surface area contributed by atoms with Gasteiger partial charge in [0.15, 0.2) is 11.6 Å². The highest BCUT2D eigenvalue weighted by molar-refractivity contribution is 7.89. The van der Waals surface area contributed by atoms with E-state index in [9.17, 15) is 22.7 Å². The Bertz CT molecular complexity index is 1140. The highest BCUT2D eigenvalue weighted by Crippen LogP contribution is 2.23. The third-order valence-corrected chi connectivity index (χ3v) is 5.90. The second kappa shape index (κ2) is 7.61. The fourth-order valence-corrected chi connectivity index (χ4v) is 4.26. The van der Waals surface area contributed by atoms with Crippen LogP contribution >= 0.6 is 0 Å². The number of hydrogen-bond donors (Lipinski definition) is 2. The van der Waals surface area contributed by atoms with Crippen molar-refractivity contribution in [2.45, 2.75) is 17.4 Å². The number of methoxy groups -OCH3 is 1. The summed E-state index contributed by atoms with van der Waals surface area (Å²) in [6, 6.07) is 9.12. The molecule has 0 radical (unpaired) electrons. The molecule has 0 fully saturated rings. The fraction of sp³-hybridized carbons (Fsp3) is 0.211. The number of carboxylic acids is 1. The maximum atomic E-state index is 13.9. The maximum Gasteiger partial charge on any atom is 0.322 e. The average molecular weight is 406 g/mol. The van der Waals surface area contributed by atoms with E-state index in [0.717, 1.165) is 23.0 Å². The van der Waals surface area contributed by atoms with Gasteiger partial charge in [0.1, 0.15) is 6.04 Å². The van der Waals surface area contributed by atoms with Crippen molar-refractivity contribution < 1.29 is 27.4 Å². The Labute approximate surface area is 161 Å². The predicted octanol–water partition coefficient (Wildman–Crippen LogP) is 2.30. The maximum absolute atomic E-state index is 13.9. The number of aromatic nitrogens is 1. The molecule has 1 heterocycles. The predicted molar refractivity (Wildman–Crippen MR) is 101 cm³/mol. The molecule has 1 aromatic heterocycles. The summed E-state index contributed by atoms with van der Waals surface area (Å²) in [5, 5.41) is 10.4. The van der Waals surface area contributed by atoms with Crippen LogP contribution in [-0.2, 0) is 28.3 Å². The Balaban J connectivity index is 1.90. The summed E-state index contributed by atoms with van der Waals surface area (Å²) in [6.07, 6.45) is 1.70. The number of sulfonamides is 1. The van der Waals surface area contributed by atoms with E-state index in [4.69, 9.17) is 4.74 Å². The summed E-state index contributed by atoms with van der Waals surface area (Å²) in [4.78, 5) is 11.3. The standard InChI is InChI=1S/C19H19FN2O5S/c1-22-11-12(14-5-3-4-6-17(14)22)9-16(19(23)24)21-28(25,26)13-7-8-18(27-2)15(20)10-13/h3-8,10-11,16,21H,9H2,1-2H3,(H,23,24)/t16-/m1/s1. The topological polar surface area (TPSA) is 97.6 Å². The Kier molecular flexibility index (Phi) is 5.39. The van der Waals surface area contributed by atoms with Crippen molar-refractivity contribution in [3.8, 4) is 5.75 Å². The van der Waals surface area contributed by atoms with Gasteiger partial charge in [-0.25, -0.2) is 12.8 Å². The first-order valence-corrected chi connectivity index (χ1v) is 9.83. The minimum absolute atomic E-state index is 0.0610. The van der Waals surface area contributed by atoms with Gasteiger partial charge >= 0.3 is 5.97 Å². The number of carbonyl (C=O) groups is 1. The highest BCUT2D eigenvalue weighted by atomic mass is 32.2. The van der Waals surface area contributed by atoms with Crippen LogP contribution < -0.4 is 9.46 Å². The number of nitrogens with zero attached hydrogens (tertiary/aromatic N) is 1. The molecule has 0 saturated heterocycles. The zero-order valence-electron chi connectivity index (χ0n) is 15.2. The minimum Gasteiger partial charge on any atom is -0.494 e. The first-order valence-electron chi connectivity index (χ1n) is 8.34. The molecule has 7 nitrogen and oxygen atoms in total. The number of rotatable bonds is 7. The summed E-state index contributed by atoms with van der Waals surface area (Å²) < 4.78 is 47.8. The van der Waals surface area contributed by atoms with Crippen molar-refractivity contribution in [3.05, 3.63) is 60.0 Å². The molecule has 2 aromatic carbocycles. The molecular weight excluding hydrogens is 387 g/mol. The third kappa shape index (κ3) is 3.85. The lowest BCUT2D eigenvalue weighted by Gasteiger charge is -2.15.